The van der Waals surface area contributed by atoms with E-state index in [4.69, 9.17) is 0 Å². The molecule has 1 fully saturated rings. The summed E-state index contributed by atoms with van der Waals surface area (Å²) in [5.74, 6) is -0.789. The normalized spacial score (nSPS) is 16.5. The predicted octanol–water partition coefficient (Wildman–Crippen LogP) is 1.91. The van der Waals surface area contributed by atoms with Crippen LogP contribution < -0.4 is 5.56 Å². The lowest BCUT2D eigenvalue weighted by atomic mass is 9.85. The van der Waals surface area contributed by atoms with Crippen molar-refractivity contribution in [1.29, 1.82) is 0 Å². The first kappa shape index (κ1) is 12.7. The van der Waals surface area contributed by atoms with Crippen LogP contribution >= 0.6 is 0 Å². The van der Waals surface area contributed by atoms with Crippen LogP contribution in [0.3, 0.4) is 0 Å². The van der Waals surface area contributed by atoms with Crippen molar-refractivity contribution in [1.82, 2.24) is 4.98 Å². The molecule has 0 unspecified atom stereocenters. The number of hydrogen-bond donors (Lipinski definition) is 2. The van der Waals surface area contributed by atoms with Crippen molar-refractivity contribution in [3.05, 3.63) is 27.7 Å². The molecule has 18 heavy (non-hydrogen) atoms. The highest BCUT2D eigenvalue weighted by molar-refractivity contribution is 5.93. The monoisotopic (exact) mass is 251 g/mol. The molecular formula is C13H17NO4. The van der Waals surface area contributed by atoms with Gasteiger partial charge in [0.05, 0.1) is 7.11 Å². The zero-order chi connectivity index (χ0) is 13.1. The van der Waals surface area contributed by atoms with E-state index in [0.29, 0.717) is 5.69 Å². The van der Waals surface area contributed by atoms with Crippen molar-refractivity contribution in [2.75, 3.05) is 7.11 Å². The SMILES string of the molecule is COC(=O)c1c(O)cc(=O)[nH]c1C1CCCCC1. The quantitative estimate of drug-likeness (QED) is 0.787. The Morgan fingerprint density at radius 1 is 1.39 bits per heavy atom. The second-order valence-corrected chi connectivity index (χ2v) is 4.63. The van der Waals surface area contributed by atoms with Crippen LogP contribution in [0.5, 0.6) is 5.75 Å². The summed E-state index contributed by atoms with van der Waals surface area (Å²) >= 11 is 0. The van der Waals surface area contributed by atoms with Gasteiger partial charge in [0.1, 0.15) is 11.3 Å². The number of pyridine rings is 1. The molecule has 2 N–H and O–H groups in total. The van der Waals surface area contributed by atoms with Crippen LogP contribution in [0.4, 0.5) is 0 Å². The van der Waals surface area contributed by atoms with E-state index in [1.165, 1.54) is 13.5 Å². The average molecular weight is 251 g/mol. The molecule has 0 aromatic carbocycles. The molecule has 1 aromatic heterocycles. The van der Waals surface area contributed by atoms with E-state index in [0.717, 1.165) is 31.7 Å². The molecule has 1 aromatic rings. The maximum absolute atomic E-state index is 11.7. The topological polar surface area (TPSA) is 79.4 Å². The van der Waals surface area contributed by atoms with Gasteiger partial charge in [-0.2, -0.15) is 0 Å². The number of aromatic nitrogens is 1. The Morgan fingerprint density at radius 3 is 2.67 bits per heavy atom. The largest absolute Gasteiger partial charge is 0.507 e. The molecule has 1 heterocycles. The second kappa shape index (κ2) is 5.25. The van der Waals surface area contributed by atoms with Gasteiger partial charge in [-0.05, 0) is 12.8 Å². The van der Waals surface area contributed by atoms with Gasteiger partial charge in [-0.15, -0.1) is 0 Å². The number of rotatable bonds is 2. The van der Waals surface area contributed by atoms with Gasteiger partial charge in [-0.3, -0.25) is 4.79 Å². The van der Waals surface area contributed by atoms with Crippen LogP contribution in [-0.4, -0.2) is 23.2 Å². The predicted molar refractivity (Wildman–Crippen MR) is 65.9 cm³/mol. The molecule has 1 saturated carbocycles. The summed E-state index contributed by atoms with van der Waals surface area (Å²) in [6.45, 7) is 0. The lowest BCUT2D eigenvalue weighted by Crippen LogP contribution is -2.19. The number of methoxy groups -OCH3 is 1. The van der Waals surface area contributed by atoms with E-state index in [2.05, 4.69) is 9.72 Å². The van der Waals surface area contributed by atoms with E-state index in [9.17, 15) is 14.7 Å². The van der Waals surface area contributed by atoms with Gasteiger partial charge in [0.15, 0.2) is 0 Å². The third-order valence-electron chi connectivity index (χ3n) is 3.45. The number of esters is 1. The average Bonchev–Trinajstić information content (AvgIpc) is 2.38. The Hall–Kier alpha value is -1.78. The molecule has 0 aliphatic heterocycles. The highest BCUT2D eigenvalue weighted by Gasteiger charge is 2.25. The molecule has 0 amide bonds. The van der Waals surface area contributed by atoms with E-state index >= 15 is 0 Å². The summed E-state index contributed by atoms with van der Waals surface area (Å²) in [4.78, 5) is 25.8. The fourth-order valence-corrected chi connectivity index (χ4v) is 2.58. The fraction of sp³-hybridized carbons (Fsp3) is 0.538. The van der Waals surface area contributed by atoms with E-state index in [-0.39, 0.29) is 22.8 Å². The summed E-state index contributed by atoms with van der Waals surface area (Å²) < 4.78 is 4.67. The van der Waals surface area contributed by atoms with Crippen LogP contribution in [0.1, 0.15) is 54.1 Å². The second-order valence-electron chi connectivity index (χ2n) is 4.63. The molecular weight excluding hydrogens is 234 g/mol. The summed E-state index contributed by atoms with van der Waals surface area (Å²) in [5.41, 5.74) is 0.233. The number of aromatic amines is 1. The molecule has 5 heteroatoms. The van der Waals surface area contributed by atoms with E-state index in [1.54, 1.807) is 0 Å². The molecule has 5 nitrogen and oxygen atoms in total. The lowest BCUT2D eigenvalue weighted by molar-refractivity contribution is 0.0594. The van der Waals surface area contributed by atoms with Crippen molar-refractivity contribution in [3.63, 3.8) is 0 Å². The van der Waals surface area contributed by atoms with Gasteiger partial charge < -0.3 is 14.8 Å². The molecule has 0 atom stereocenters. The van der Waals surface area contributed by atoms with Crippen molar-refractivity contribution < 1.29 is 14.6 Å². The van der Waals surface area contributed by atoms with Gasteiger partial charge >= 0.3 is 5.97 Å². The molecule has 1 aliphatic rings. The number of hydrogen-bond acceptors (Lipinski definition) is 4. The van der Waals surface area contributed by atoms with Crippen LogP contribution in [0.25, 0.3) is 0 Å². The van der Waals surface area contributed by atoms with Crippen LogP contribution in [-0.2, 0) is 4.74 Å². The van der Waals surface area contributed by atoms with Crippen molar-refractivity contribution in [3.8, 4) is 5.75 Å². The van der Waals surface area contributed by atoms with Crippen molar-refractivity contribution in [2.45, 2.75) is 38.0 Å². The highest BCUT2D eigenvalue weighted by Crippen LogP contribution is 2.35. The van der Waals surface area contributed by atoms with Crippen LogP contribution in [0, 0.1) is 0 Å². The Labute approximate surface area is 105 Å². The third kappa shape index (κ3) is 2.39. The zero-order valence-electron chi connectivity index (χ0n) is 10.4. The number of ether oxygens (including phenoxy) is 1. The third-order valence-corrected chi connectivity index (χ3v) is 3.45. The van der Waals surface area contributed by atoms with Gasteiger partial charge in [-0.1, -0.05) is 19.3 Å². The Morgan fingerprint density at radius 2 is 2.06 bits per heavy atom. The molecule has 0 saturated heterocycles. The van der Waals surface area contributed by atoms with Crippen molar-refractivity contribution >= 4 is 5.97 Å². The molecule has 98 valence electrons. The molecule has 0 bridgehead atoms. The van der Waals surface area contributed by atoms with Gasteiger partial charge in [0.25, 0.3) is 5.56 Å². The minimum atomic E-state index is -0.607. The minimum Gasteiger partial charge on any atom is -0.507 e. The summed E-state index contributed by atoms with van der Waals surface area (Å²) in [6.07, 6.45) is 5.16. The molecule has 0 radical (unpaired) electrons. The van der Waals surface area contributed by atoms with Gasteiger partial charge in [-0.25, -0.2) is 4.79 Å². The van der Waals surface area contributed by atoms with E-state index < -0.39 is 5.97 Å². The maximum Gasteiger partial charge on any atom is 0.343 e. The Balaban J connectivity index is 2.49. The van der Waals surface area contributed by atoms with Gasteiger partial charge in [0.2, 0.25) is 0 Å². The van der Waals surface area contributed by atoms with Crippen LogP contribution in [0.2, 0.25) is 0 Å². The molecule has 2 rings (SSSR count). The minimum absolute atomic E-state index is 0.101. The molecule has 1 aliphatic carbocycles. The van der Waals surface area contributed by atoms with Crippen LogP contribution in [0.15, 0.2) is 10.9 Å². The standard InChI is InChI=1S/C13H17NO4/c1-18-13(17)11-9(15)7-10(16)14-12(11)8-5-3-2-4-6-8/h7-8H,2-6H2,1H3,(H2,14,15,16). The number of nitrogens with one attached hydrogen (secondary N) is 1. The first-order valence-corrected chi connectivity index (χ1v) is 6.18. The van der Waals surface area contributed by atoms with E-state index in [1.807, 2.05) is 0 Å². The maximum atomic E-state index is 11.7. The lowest BCUT2D eigenvalue weighted by Gasteiger charge is -2.23. The first-order valence-electron chi connectivity index (χ1n) is 6.18. The number of H-pyrrole nitrogens is 1. The smallest absolute Gasteiger partial charge is 0.343 e. The summed E-state index contributed by atoms with van der Waals surface area (Å²) in [7, 11) is 1.26. The highest BCUT2D eigenvalue weighted by atomic mass is 16.5. The first-order chi connectivity index (χ1) is 8.63. The van der Waals surface area contributed by atoms with Gasteiger partial charge in [0, 0.05) is 17.7 Å². The fourth-order valence-electron chi connectivity index (χ4n) is 2.58. The molecule has 0 spiro atoms. The number of aromatic hydroxyl groups is 1. The summed E-state index contributed by atoms with van der Waals surface area (Å²) in [6, 6.07) is 1.01. The number of carbonyl (C=O) groups excluding carboxylic acids is 1. The zero-order valence-corrected chi connectivity index (χ0v) is 10.4. The Bertz CT molecular complexity index is 500. The van der Waals surface area contributed by atoms with Crippen molar-refractivity contribution in [2.24, 2.45) is 0 Å². The Kier molecular flexibility index (Phi) is 3.69. The summed E-state index contributed by atoms with van der Waals surface area (Å²) in [5, 5.41) is 9.78. The number of carbonyl (C=O) groups is 1.